The van der Waals surface area contributed by atoms with Gasteiger partial charge in [-0.25, -0.2) is 9.87 Å². The van der Waals surface area contributed by atoms with Crippen molar-refractivity contribution in [2.24, 2.45) is 0 Å². The van der Waals surface area contributed by atoms with Crippen LogP contribution in [0.5, 0.6) is 0 Å². The van der Waals surface area contributed by atoms with Crippen LogP contribution in [0.1, 0.15) is 11.1 Å². The Bertz CT molecular complexity index is 291. The fraction of sp³-hybridized carbons (Fsp3) is 0.250. The first kappa shape index (κ1) is 9.45. The maximum atomic E-state index is 12.7. The molecule has 4 heteroatoms. The maximum absolute atomic E-state index is 12.7. The molecule has 0 radical (unpaired) electrons. The first-order valence-corrected chi connectivity index (χ1v) is 3.84. The SMILES string of the molecule is Cc1c(Cl)cc(F)cc1CNO. The second kappa shape index (κ2) is 3.85. The quantitative estimate of drug-likeness (QED) is 0.700. The van der Waals surface area contributed by atoms with Crippen LogP contribution in [0.25, 0.3) is 0 Å². The molecule has 0 atom stereocenters. The summed E-state index contributed by atoms with van der Waals surface area (Å²) in [7, 11) is 0. The van der Waals surface area contributed by atoms with E-state index in [1.54, 1.807) is 6.92 Å². The van der Waals surface area contributed by atoms with Gasteiger partial charge in [-0.05, 0) is 30.2 Å². The number of rotatable bonds is 2. The van der Waals surface area contributed by atoms with Crippen molar-refractivity contribution in [1.82, 2.24) is 5.48 Å². The van der Waals surface area contributed by atoms with Crippen LogP contribution < -0.4 is 5.48 Å². The van der Waals surface area contributed by atoms with Gasteiger partial charge in [0.05, 0.1) is 0 Å². The van der Waals surface area contributed by atoms with Crippen molar-refractivity contribution in [1.29, 1.82) is 0 Å². The minimum absolute atomic E-state index is 0.198. The van der Waals surface area contributed by atoms with Gasteiger partial charge in [0, 0.05) is 11.6 Å². The van der Waals surface area contributed by atoms with E-state index in [1.807, 2.05) is 5.48 Å². The Morgan fingerprint density at radius 1 is 1.58 bits per heavy atom. The minimum atomic E-state index is -0.393. The Morgan fingerprint density at radius 3 is 2.83 bits per heavy atom. The lowest BCUT2D eigenvalue weighted by Gasteiger charge is -2.06. The van der Waals surface area contributed by atoms with Crippen LogP contribution in [0.3, 0.4) is 0 Å². The zero-order valence-electron chi connectivity index (χ0n) is 6.56. The Kier molecular flexibility index (Phi) is 3.03. The Labute approximate surface area is 74.9 Å². The molecule has 1 rings (SSSR count). The first-order valence-electron chi connectivity index (χ1n) is 3.46. The third-order valence-corrected chi connectivity index (χ3v) is 2.08. The highest BCUT2D eigenvalue weighted by atomic mass is 35.5. The lowest BCUT2D eigenvalue weighted by Crippen LogP contribution is -2.08. The molecular formula is C8H9ClFNO. The number of hydrogen-bond acceptors (Lipinski definition) is 2. The Balaban J connectivity index is 3.09. The predicted molar refractivity (Wildman–Crippen MR) is 44.8 cm³/mol. The van der Waals surface area contributed by atoms with Gasteiger partial charge in [-0.3, -0.25) is 0 Å². The monoisotopic (exact) mass is 189 g/mol. The van der Waals surface area contributed by atoms with Crippen molar-refractivity contribution in [2.75, 3.05) is 0 Å². The summed E-state index contributed by atoms with van der Waals surface area (Å²) in [6.45, 7) is 1.97. The lowest BCUT2D eigenvalue weighted by molar-refractivity contribution is 0.161. The fourth-order valence-corrected chi connectivity index (χ4v) is 1.19. The van der Waals surface area contributed by atoms with E-state index in [2.05, 4.69) is 0 Å². The summed E-state index contributed by atoms with van der Waals surface area (Å²) in [6, 6.07) is 2.59. The van der Waals surface area contributed by atoms with Crippen molar-refractivity contribution < 1.29 is 9.60 Å². The van der Waals surface area contributed by atoms with Gasteiger partial charge in [-0.15, -0.1) is 0 Å². The number of halogens is 2. The van der Waals surface area contributed by atoms with E-state index in [1.165, 1.54) is 12.1 Å². The molecule has 0 unspecified atom stereocenters. The van der Waals surface area contributed by atoms with Gasteiger partial charge in [-0.1, -0.05) is 11.6 Å². The van der Waals surface area contributed by atoms with Crippen LogP contribution in [-0.2, 0) is 6.54 Å². The molecule has 1 aromatic rings. The van der Waals surface area contributed by atoms with Gasteiger partial charge < -0.3 is 5.21 Å². The van der Waals surface area contributed by atoms with Crippen LogP contribution in [0, 0.1) is 12.7 Å². The van der Waals surface area contributed by atoms with Crippen molar-refractivity contribution in [3.63, 3.8) is 0 Å². The van der Waals surface area contributed by atoms with Gasteiger partial charge in [0.25, 0.3) is 0 Å². The van der Waals surface area contributed by atoms with Gasteiger partial charge in [-0.2, -0.15) is 0 Å². The van der Waals surface area contributed by atoms with Crippen molar-refractivity contribution >= 4 is 11.6 Å². The summed E-state index contributed by atoms with van der Waals surface area (Å²) in [5.41, 5.74) is 3.39. The molecule has 0 saturated heterocycles. The van der Waals surface area contributed by atoms with Gasteiger partial charge in [0.1, 0.15) is 5.82 Å². The molecule has 0 heterocycles. The highest BCUT2D eigenvalue weighted by Gasteiger charge is 2.04. The molecule has 12 heavy (non-hydrogen) atoms. The van der Waals surface area contributed by atoms with Gasteiger partial charge >= 0.3 is 0 Å². The molecular weight excluding hydrogens is 181 g/mol. The van der Waals surface area contributed by atoms with E-state index in [4.69, 9.17) is 16.8 Å². The Hall–Kier alpha value is -0.640. The predicted octanol–water partition coefficient (Wildman–Crippen LogP) is 2.27. The number of nitrogens with one attached hydrogen (secondary N) is 1. The molecule has 0 bridgehead atoms. The number of hydroxylamine groups is 1. The van der Waals surface area contributed by atoms with Crippen molar-refractivity contribution in [3.8, 4) is 0 Å². The average Bonchev–Trinajstić information content (AvgIpc) is 2.00. The van der Waals surface area contributed by atoms with Crippen LogP contribution in [0.15, 0.2) is 12.1 Å². The number of hydrogen-bond donors (Lipinski definition) is 2. The van der Waals surface area contributed by atoms with E-state index in [-0.39, 0.29) is 6.54 Å². The van der Waals surface area contributed by atoms with Crippen LogP contribution >= 0.6 is 11.6 Å². The minimum Gasteiger partial charge on any atom is -0.316 e. The average molecular weight is 190 g/mol. The molecule has 0 amide bonds. The third kappa shape index (κ3) is 1.94. The van der Waals surface area contributed by atoms with E-state index in [0.29, 0.717) is 10.6 Å². The molecule has 2 nitrogen and oxygen atoms in total. The first-order chi connectivity index (χ1) is 5.65. The van der Waals surface area contributed by atoms with Gasteiger partial charge in [0.2, 0.25) is 0 Å². The molecule has 2 N–H and O–H groups in total. The van der Waals surface area contributed by atoms with Crippen LogP contribution in [0.4, 0.5) is 4.39 Å². The molecule has 66 valence electrons. The summed E-state index contributed by atoms with van der Waals surface area (Å²) in [6.07, 6.45) is 0. The van der Waals surface area contributed by atoms with E-state index < -0.39 is 5.82 Å². The molecule has 0 aliphatic heterocycles. The van der Waals surface area contributed by atoms with E-state index in [0.717, 1.165) is 5.56 Å². The summed E-state index contributed by atoms with van der Waals surface area (Å²) < 4.78 is 12.7. The normalized spacial score (nSPS) is 10.3. The smallest absolute Gasteiger partial charge is 0.125 e. The van der Waals surface area contributed by atoms with E-state index in [9.17, 15) is 4.39 Å². The second-order valence-electron chi connectivity index (χ2n) is 2.51. The molecule has 0 fully saturated rings. The fourth-order valence-electron chi connectivity index (χ4n) is 0.968. The molecule has 1 aromatic carbocycles. The Morgan fingerprint density at radius 2 is 2.25 bits per heavy atom. The standard InChI is InChI=1S/C8H9ClFNO/c1-5-6(4-11-12)2-7(10)3-8(5)9/h2-3,11-12H,4H2,1H3. The zero-order chi connectivity index (χ0) is 9.14. The van der Waals surface area contributed by atoms with Gasteiger partial charge in [0.15, 0.2) is 0 Å². The van der Waals surface area contributed by atoms with E-state index >= 15 is 0 Å². The summed E-state index contributed by atoms with van der Waals surface area (Å²) in [5, 5.41) is 8.79. The molecule has 0 spiro atoms. The second-order valence-corrected chi connectivity index (χ2v) is 2.91. The van der Waals surface area contributed by atoms with Crippen molar-refractivity contribution in [3.05, 3.63) is 34.1 Å². The molecule has 0 aromatic heterocycles. The number of benzene rings is 1. The molecule has 0 aliphatic rings. The van der Waals surface area contributed by atoms with Crippen LogP contribution in [-0.4, -0.2) is 5.21 Å². The zero-order valence-corrected chi connectivity index (χ0v) is 7.32. The molecule has 0 saturated carbocycles. The highest BCUT2D eigenvalue weighted by molar-refractivity contribution is 6.31. The largest absolute Gasteiger partial charge is 0.316 e. The lowest BCUT2D eigenvalue weighted by atomic mass is 10.1. The summed E-state index contributed by atoms with van der Waals surface area (Å²) in [5.74, 6) is -0.393. The third-order valence-electron chi connectivity index (χ3n) is 1.69. The maximum Gasteiger partial charge on any atom is 0.125 e. The van der Waals surface area contributed by atoms with Crippen LogP contribution in [0.2, 0.25) is 5.02 Å². The molecule has 0 aliphatic carbocycles. The topological polar surface area (TPSA) is 32.3 Å². The van der Waals surface area contributed by atoms with Crippen molar-refractivity contribution in [2.45, 2.75) is 13.5 Å². The summed E-state index contributed by atoms with van der Waals surface area (Å²) >= 11 is 5.71. The highest BCUT2D eigenvalue weighted by Crippen LogP contribution is 2.20. The summed E-state index contributed by atoms with van der Waals surface area (Å²) in [4.78, 5) is 0.